The fourth-order valence-corrected chi connectivity index (χ4v) is 2.51. The molecule has 6 heteroatoms. The predicted octanol–water partition coefficient (Wildman–Crippen LogP) is 1.63. The number of nitrogens with one attached hydrogen (secondary N) is 2. The highest BCUT2D eigenvalue weighted by atomic mass is 32.2. The van der Waals surface area contributed by atoms with E-state index in [-0.39, 0.29) is 4.90 Å². The van der Waals surface area contributed by atoms with Crippen molar-refractivity contribution in [2.24, 2.45) is 5.92 Å². The van der Waals surface area contributed by atoms with Crippen LogP contribution in [-0.2, 0) is 10.0 Å². The summed E-state index contributed by atoms with van der Waals surface area (Å²) in [6.45, 7) is 6.99. The van der Waals surface area contributed by atoms with Crippen LogP contribution in [0.25, 0.3) is 0 Å². The number of hydrogen-bond donors (Lipinski definition) is 3. The lowest BCUT2D eigenvalue weighted by Crippen LogP contribution is -2.23. The molecular formula is C12H21N3O2S. The number of rotatable bonds is 6. The lowest BCUT2D eigenvalue weighted by Gasteiger charge is -2.13. The monoisotopic (exact) mass is 271 g/mol. The van der Waals surface area contributed by atoms with Gasteiger partial charge in [0.2, 0.25) is 10.0 Å². The van der Waals surface area contributed by atoms with Crippen molar-refractivity contribution in [3.8, 4) is 0 Å². The molecule has 0 amide bonds. The fraction of sp³-hybridized carbons (Fsp3) is 0.500. The van der Waals surface area contributed by atoms with Crippen LogP contribution in [0.2, 0.25) is 0 Å². The molecule has 102 valence electrons. The van der Waals surface area contributed by atoms with Crippen LogP contribution in [0.3, 0.4) is 0 Å². The maximum absolute atomic E-state index is 11.9. The van der Waals surface area contributed by atoms with Crippen LogP contribution in [0.1, 0.15) is 20.8 Å². The minimum absolute atomic E-state index is 0.227. The Morgan fingerprint density at radius 2 is 2.00 bits per heavy atom. The normalized spacial score (nSPS) is 11.8. The van der Waals surface area contributed by atoms with E-state index in [1.54, 1.807) is 19.1 Å². The highest BCUT2D eigenvalue weighted by Gasteiger charge is 2.14. The molecule has 0 aliphatic heterocycles. The van der Waals surface area contributed by atoms with E-state index < -0.39 is 10.0 Å². The van der Waals surface area contributed by atoms with Crippen LogP contribution in [0.4, 0.5) is 11.4 Å². The Morgan fingerprint density at radius 1 is 1.33 bits per heavy atom. The van der Waals surface area contributed by atoms with Gasteiger partial charge in [-0.25, -0.2) is 13.1 Å². The number of benzene rings is 1. The molecule has 1 aromatic rings. The number of nitrogens with two attached hydrogens (primary N) is 1. The molecular weight excluding hydrogens is 250 g/mol. The Bertz CT molecular complexity index is 498. The van der Waals surface area contributed by atoms with Crippen LogP contribution in [-0.4, -0.2) is 21.5 Å². The maximum atomic E-state index is 11.9. The Hall–Kier alpha value is -1.27. The largest absolute Gasteiger partial charge is 0.397 e. The van der Waals surface area contributed by atoms with Gasteiger partial charge in [0.05, 0.1) is 16.3 Å². The third-order valence-corrected chi connectivity index (χ3v) is 3.91. The standard InChI is InChI=1S/C12H21N3O2S/c1-4-15-18(16,17)10-5-6-11(13)12(7-10)14-8-9(2)3/h5-7,9,14-15H,4,8,13H2,1-3H3. The highest BCUT2D eigenvalue weighted by molar-refractivity contribution is 7.89. The van der Waals surface area contributed by atoms with E-state index in [9.17, 15) is 8.42 Å². The van der Waals surface area contributed by atoms with Gasteiger partial charge >= 0.3 is 0 Å². The van der Waals surface area contributed by atoms with E-state index in [1.165, 1.54) is 6.07 Å². The van der Waals surface area contributed by atoms with Crippen LogP contribution in [0.5, 0.6) is 0 Å². The molecule has 0 bridgehead atoms. The fourth-order valence-electron chi connectivity index (χ4n) is 1.44. The van der Waals surface area contributed by atoms with Gasteiger partial charge in [0.1, 0.15) is 0 Å². The molecule has 0 spiro atoms. The van der Waals surface area contributed by atoms with Gasteiger partial charge in [-0.05, 0) is 24.1 Å². The maximum Gasteiger partial charge on any atom is 0.240 e. The molecule has 18 heavy (non-hydrogen) atoms. The second-order valence-electron chi connectivity index (χ2n) is 4.53. The molecule has 0 atom stereocenters. The summed E-state index contributed by atoms with van der Waals surface area (Å²) < 4.78 is 26.2. The van der Waals surface area contributed by atoms with Crippen LogP contribution < -0.4 is 15.8 Å². The Balaban J connectivity index is 3.00. The van der Waals surface area contributed by atoms with Crippen LogP contribution in [0.15, 0.2) is 23.1 Å². The van der Waals surface area contributed by atoms with E-state index in [0.717, 1.165) is 6.54 Å². The van der Waals surface area contributed by atoms with Gasteiger partial charge in [-0.3, -0.25) is 0 Å². The molecule has 0 aromatic heterocycles. The molecule has 0 aliphatic carbocycles. The van der Waals surface area contributed by atoms with Crippen molar-refractivity contribution in [3.05, 3.63) is 18.2 Å². The Kier molecular flexibility index (Phi) is 4.98. The van der Waals surface area contributed by atoms with E-state index >= 15 is 0 Å². The summed E-state index contributed by atoms with van der Waals surface area (Å²) in [4.78, 5) is 0.227. The molecule has 0 unspecified atom stereocenters. The molecule has 0 saturated carbocycles. The molecule has 4 N–H and O–H groups in total. The molecule has 5 nitrogen and oxygen atoms in total. The van der Waals surface area contributed by atoms with Crippen molar-refractivity contribution in [2.45, 2.75) is 25.7 Å². The minimum atomic E-state index is -3.43. The van der Waals surface area contributed by atoms with Crippen molar-refractivity contribution in [1.82, 2.24) is 4.72 Å². The molecule has 1 rings (SSSR count). The Labute approximate surface area is 109 Å². The summed E-state index contributed by atoms with van der Waals surface area (Å²) in [5.41, 5.74) is 7.02. The van der Waals surface area contributed by atoms with Gasteiger partial charge in [-0.1, -0.05) is 20.8 Å². The third-order valence-electron chi connectivity index (χ3n) is 2.37. The average molecular weight is 271 g/mol. The van der Waals surface area contributed by atoms with Gasteiger partial charge < -0.3 is 11.1 Å². The molecule has 0 aliphatic rings. The molecule has 0 radical (unpaired) electrons. The second-order valence-corrected chi connectivity index (χ2v) is 6.29. The third kappa shape index (κ3) is 3.89. The number of anilines is 2. The van der Waals surface area contributed by atoms with Gasteiger partial charge in [0.15, 0.2) is 0 Å². The summed E-state index contributed by atoms with van der Waals surface area (Å²) in [5.74, 6) is 0.457. The van der Waals surface area contributed by atoms with E-state index in [2.05, 4.69) is 23.9 Å². The molecule has 0 fully saturated rings. The predicted molar refractivity (Wildman–Crippen MR) is 75.0 cm³/mol. The minimum Gasteiger partial charge on any atom is -0.397 e. The molecule has 0 saturated heterocycles. The van der Waals surface area contributed by atoms with Crippen molar-refractivity contribution in [1.29, 1.82) is 0 Å². The van der Waals surface area contributed by atoms with Gasteiger partial charge in [-0.2, -0.15) is 0 Å². The van der Waals surface area contributed by atoms with Gasteiger partial charge in [0.25, 0.3) is 0 Å². The van der Waals surface area contributed by atoms with Crippen molar-refractivity contribution in [2.75, 3.05) is 24.1 Å². The average Bonchev–Trinajstić information content (AvgIpc) is 2.27. The quantitative estimate of drug-likeness (QED) is 0.687. The summed E-state index contributed by atoms with van der Waals surface area (Å²) in [5, 5.41) is 3.15. The summed E-state index contributed by atoms with van der Waals surface area (Å²) >= 11 is 0. The van der Waals surface area contributed by atoms with Crippen molar-refractivity contribution in [3.63, 3.8) is 0 Å². The lowest BCUT2D eigenvalue weighted by molar-refractivity contribution is 0.584. The molecule has 1 aromatic carbocycles. The number of hydrogen-bond acceptors (Lipinski definition) is 4. The first-order chi connectivity index (χ1) is 8.36. The number of sulfonamides is 1. The van der Waals surface area contributed by atoms with Crippen LogP contribution >= 0.6 is 0 Å². The van der Waals surface area contributed by atoms with Gasteiger partial charge in [0, 0.05) is 13.1 Å². The first-order valence-electron chi connectivity index (χ1n) is 6.00. The first kappa shape index (κ1) is 14.8. The summed E-state index contributed by atoms with van der Waals surface area (Å²) in [7, 11) is -3.43. The van der Waals surface area contributed by atoms with E-state index in [1.807, 2.05) is 0 Å². The molecule has 0 heterocycles. The van der Waals surface area contributed by atoms with Crippen molar-refractivity contribution >= 4 is 21.4 Å². The Morgan fingerprint density at radius 3 is 2.56 bits per heavy atom. The van der Waals surface area contributed by atoms with E-state index in [4.69, 9.17) is 5.73 Å². The highest BCUT2D eigenvalue weighted by Crippen LogP contribution is 2.23. The van der Waals surface area contributed by atoms with Crippen molar-refractivity contribution < 1.29 is 8.42 Å². The zero-order valence-corrected chi connectivity index (χ0v) is 11.8. The lowest BCUT2D eigenvalue weighted by atomic mass is 10.2. The zero-order valence-electron chi connectivity index (χ0n) is 11.0. The topological polar surface area (TPSA) is 84.2 Å². The number of nitrogen functional groups attached to an aromatic ring is 1. The first-order valence-corrected chi connectivity index (χ1v) is 7.48. The smallest absolute Gasteiger partial charge is 0.240 e. The summed E-state index contributed by atoms with van der Waals surface area (Å²) in [6.07, 6.45) is 0. The van der Waals surface area contributed by atoms with Crippen LogP contribution in [0, 0.1) is 5.92 Å². The van der Waals surface area contributed by atoms with Gasteiger partial charge in [-0.15, -0.1) is 0 Å². The summed E-state index contributed by atoms with van der Waals surface area (Å²) in [6, 6.07) is 4.68. The second kappa shape index (κ2) is 6.06. The SMILES string of the molecule is CCNS(=O)(=O)c1ccc(N)c(NCC(C)C)c1. The zero-order chi connectivity index (χ0) is 13.8. The van der Waals surface area contributed by atoms with E-state index in [0.29, 0.717) is 23.8 Å².